The summed E-state index contributed by atoms with van der Waals surface area (Å²) >= 11 is 0. The number of unbranched alkanes of at least 4 members (excludes halogenated alkanes) is 7. The lowest BCUT2D eigenvalue weighted by Crippen LogP contribution is -2.61. The lowest BCUT2D eigenvalue weighted by atomic mass is 9.98. The van der Waals surface area contributed by atoms with Crippen LogP contribution < -0.4 is 5.32 Å². The summed E-state index contributed by atoms with van der Waals surface area (Å²) in [7, 11) is 1.34. The van der Waals surface area contributed by atoms with Gasteiger partial charge in [-0.25, -0.2) is 9.80 Å². The van der Waals surface area contributed by atoms with E-state index in [4.69, 9.17) is 9.47 Å². The number of nitrogens with one attached hydrogen (secondary N) is 1. The van der Waals surface area contributed by atoms with Gasteiger partial charge in [-0.1, -0.05) is 51.9 Å². The zero-order valence-electron chi connectivity index (χ0n) is 22.2. The van der Waals surface area contributed by atoms with Gasteiger partial charge < -0.3 is 55.6 Å². The molecule has 1 aliphatic heterocycles. The van der Waals surface area contributed by atoms with Crippen molar-refractivity contribution in [1.82, 2.24) is 10.3 Å². The number of rotatable bonds is 18. The van der Waals surface area contributed by atoms with Crippen LogP contribution in [0.2, 0.25) is 0 Å². The molecule has 0 spiro atoms. The number of aliphatic hydroxyl groups excluding tert-OH is 8. The smallest absolute Gasteiger partial charge is 0.337 e. The maximum absolute atomic E-state index is 12.2. The number of aliphatic hydroxyl groups is 8. The Morgan fingerprint density at radius 2 is 1.61 bits per heavy atom. The number of carbonyl (C=O) groups excluding carboxylic acids is 1. The minimum absolute atomic E-state index is 0.455. The molecular formula is C24H47N3O11. The van der Waals surface area contributed by atoms with Crippen LogP contribution >= 0.6 is 0 Å². The standard InChI is InChI=1S/C24H47N3O11/c1-3-4-5-6-7-8-9-10-11-25-24(36)27(2)26-12-15(30)18(32)22(16(31)13-28)38-23-21(35)20(34)19(33)17(14-29)37-23/h12,15-23,28-35H,3-11,13-14H2,1-2H3,(H,25,36)/b26-12+/t15-,16+,17+,18+,19+,20-,21+,22+,23+/m0/s1. The molecule has 1 fully saturated rings. The van der Waals surface area contributed by atoms with Crippen LogP contribution in [0.25, 0.3) is 0 Å². The van der Waals surface area contributed by atoms with Crippen molar-refractivity contribution in [2.75, 3.05) is 26.8 Å². The number of carbonyl (C=O) groups is 1. The quantitative estimate of drug-likeness (QED) is 0.0513. The third kappa shape index (κ3) is 11.3. The van der Waals surface area contributed by atoms with Gasteiger partial charge in [0, 0.05) is 13.6 Å². The molecule has 0 bridgehead atoms. The third-order valence-corrected chi connectivity index (χ3v) is 6.39. The summed E-state index contributed by atoms with van der Waals surface area (Å²) in [5.74, 6) is 0. The highest BCUT2D eigenvalue weighted by atomic mass is 16.7. The van der Waals surface area contributed by atoms with Gasteiger partial charge in [0.15, 0.2) is 6.29 Å². The molecule has 14 nitrogen and oxygen atoms in total. The van der Waals surface area contributed by atoms with Gasteiger partial charge in [-0.3, -0.25) is 0 Å². The molecule has 1 aliphatic rings. The van der Waals surface area contributed by atoms with Gasteiger partial charge in [0.05, 0.1) is 19.4 Å². The molecule has 9 N–H and O–H groups in total. The average Bonchev–Trinajstić information content (AvgIpc) is 2.92. The van der Waals surface area contributed by atoms with Crippen molar-refractivity contribution < 1.29 is 55.1 Å². The van der Waals surface area contributed by atoms with Crippen LogP contribution in [0.15, 0.2) is 5.10 Å². The lowest BCUT2D eigenvalue weighted by Gasteiger charge is -2.42. The molecule has 0 aromatic carbocycles. The topological polar surface area (TPSA) is 225 Å². The maximum Gasteiger partial charge on any atom is 0.337 e. The highest BCUT2D eigenvalue weighted by Crippen LogP contribution is 2.25. The maximum atomic E-state index is 12.2. The molecule has 0 aromatic heterocycles. The Morgan fingerprint density at radius 1 is 1.00 bits per heavy atom. The largest absolute Gasteiger partial charge is 0.394 e. The second kappa shape index (κ2) is 18.8. The Balaban J connectivity index is 2.58. The van der Waals surface area contributed by atoms with Gasteiger partial charge in [0.25, 0.3) is 0 Å². The highest BCUT2D eigenvalue weighted by molar-refractivity contribution is 5.75. The van der Waals surface area contributed by atoms with Crippen LogP contribution in [-0.4, -0.2) is 140 Å². The summed E-state index contributed by atoms with van der Waals surface area (Å²) in [6, 6.07) is -0.532. The Bertz CT molecular complexity index is 673. The number of amides is 2. The normalized spacial score (nSPS) is 27.2. The van der Waals surface area contributed by atoms with E-state index in [9.17, 15) is 45.6 Å². The molecule has 9 atom stereocenters. The molecule has 0 aromatic rings. The fraction of sp³-hybridized carbons (Fsp3) is 0.917. The molecule has 1 heterocycles. The van der Waals surface area contributed by atoms with Crippen LogP contribution in [0.3, 0.4) is 0 Å². The molecule has 14 heteroatoms. The molecule has 224 valence electrons. The van der Waals surface area contributed by atoms with Gasteiger partial charge >= 0.3 is 6.03 Å². The first kappa shape index (κ1) is 34.6. The molecule has 0 unspecified atom stereocenters. The number of nitrogens with zero attached hydrogens (tertiary/aromatic N) is 2. The Labute approximate surface area is 223 Å². The summed E-state index contributed by atoms with van der Waals surface area (Å²) in [6.07, 6.45) is -5.75. The van der Waals surface area contributed by atoms with Crippen LogP contribution in [0.1, 0.15) is 58.3 Å². The Hall–Kier alpha value is -1.46. The predicted molar refractivity (Wildman–Crippen MR) is 136 cm³/mol. The zero-order valence-corrected chi connectivity index (χ0v) is 22.2. The van der Waals surface area contributed by atoms with Gasteiger partial charge in [-0.15, -0.1) is 0 Å². The first-order valence-electron chi connectivity index (χ1n) is 13.3. The third-order valence-electron chi connectivity index (χ3n) is 6.39. The van der Waals surface area contributed by atoms with E-state index >= 15 is 0 Å². The summed E-state index contributed by atoms with van der Waals surface area (Å²) in [4.78, 5) is 12.2. The van der Waals surface area contributed by atoms with E-state index in [2.05, 4.69) is 17.3 Å². The number of hydrogen-bond donors (Lipinski definition) is 9. The van der Waals surface area contributed by atoms with Crippen molar-refractivity contribution in [3.8, 4) is 0 Å². The van der Waals surface area contributed by atoms with Gasteiger partial charge in [0.2, 0.25) is 0 Å². The van der Waals surface area contributed by atoms with Crippen LogP contribution in [0.5, 0.6) is 0 Å². The van der Waals surface area contributed by atoms with E-state index < -0.39 is 74.4 Å². The van der Waals surface area contributed by atoms with E-state index in [0.29, 0.717) is 6.54 Å². The van der Waals surface area contributed by atoms with E-state index in [1.165, 1.54) is 39.2 Å². The fourth-order valence-electron chi connectivity index (χ4n) is 3.91. The van der Waals surface area contributed by atoms with Crippen molar-refractivity contribution in [3.05, 3.63) is 0 Å². The van der Waals surface area contributed by atoms with Crippen molar-refractivity contribution >= 4 is 12.2 Å². The molecule has 0 radical (unpaired) electrons. The lowest BCUT2D eigenvalue weighted by molar-refractivity contribution is -0.326. The molecule has 2 amide bonds. The summed E-state index contributed by atoms with van der Waals surface area (Å²) < 4.78 is 10.5. The van der Waals surface area contributed by atoms with E-state index in [-0.39, 0.29) is 0 Å². The first-order chi connectivity index (χ1) is 18.1. The van der Waals surface area contributed by atoms with Crippen molar-refractivity contribution in [1.29, 1.82) is 0 Å². The second-order valence-corrected chi connectivity index (χ2v) is 9.52. The van der Waals surface area contributed by atoms with Crippen LogP contribution in [0.4, 0.5) is 4.79 Å². The SMILES string of the molecule is CCCCCCCCCCNC(=O)N(C)/N=C/[C@H](O)[C@@H](O)[C@H](O[C@H]1O[C@H](CO)[C@@H](O)[C@H](O)[C@H]1O)[C@H](O)CO. The Kier molecular flexibility index (Phi) is 17.1. The van der Waals surface area contributed by atoms with Crippen molar-refractivity contribution in [3.63, 3.8) is 0 Å². The monoisotopic (exact) mass is 553 g/mol. The number of urea groups is 1. The fourth-order valence-corrected chi connectivity index (χ4v) is 3.91. The van der Waals surface area contributed by atoms with Gasteiger partial charge in [-0.05, 0) is 6.42 Å². The molecule has 1 saturated heterocycles. The molecule has 1 rings (SSSR count). The van der Waals surface area contributed by atoms with Gasteiger partial charge in [0.1, 0.15) is 48.8 Å². The molecule has 38 heavy (non-hydrogen) atoms. The predicted octanol–water partition coefficient (Wildman–Crippen LogP) is -1.99. The summed E-state index contributed by atoms with van der Waals surface area (Å²) in [6.45, 7) is 0.983. The second-order valence-electron chi connectivity index (χ2n) is 9.52. The van der Waals surface area contributed by atoms with E-state index in [1.54, 1.807) is 0 Å². The summed E-state index contributed by atoms with van der Waals surface area (Å²) in [5.41, 5.74) is 0. The minimum atomic E-state index is -1.93. The zero-order chi connectivity index (χ0) is 28.7. The molecule has 0 saturated carbocycles. The minimum Gasteiger partial charge on any atom is -0.394 e. The Morgan fingerprint density at radius 3 is 2.18 bits per heavy atom. The number of hydrogen-bond acceptors (Lipinski definition) is 12. The number of hydrazone groups is 1. The number of ether oxygens (including phenoxy) is 2. The first-order valence-corrected chi connectivity index (χ1v) is 13.3. The van der Waals surface area contributed by atoms with Crippen LogP contribution in [0, 0.1) is 0 Å². The van der Waals surface area contributed by atoms with Crippen molar-refractivity contribution in [2.45, 2.75) is 113 Å². The van der Waals surface area contributed by atoms with Crippen molar-refractivity contribution in [2.24, 2.45) is 5.10 Å². The van der Waals surface area contributed by atoms with E-state index in [1.807, 2.05) is 0 Å². The van der Waals surface area contributed by atoms with E-state index in [0.717, 1.165) is 30.5 Å². The molecular weight excluding hydrogens is 506 g/mol. The van der Waals surface area contributed by atoms with Gasteiger partial charge in [-0.2, -0.15) is 5.10 Å². The molecule has 0 aliphatic carbocycles. The highest BCUT2D eigenvalue weighted by Gasteiger charge is 2.46. The summed E-state index contributed by atoms with van der Waals surface area (Å²) in [5, 5.41) is 86.9. The van der Waals surface area contributed by atoms with Crippen LogP contribution in [-0.2, 0) is 9.47 Å². The average molecular weight is 554 g/mol.